The topological polar surface area (TPSA) is 52.7 Å². The summed E-state index contributed by atoms with van der Waals surface area (Å²) in [4.78, 5) is 30.3. The largest absolute Gasteiger partial charge is 0.343 e. The van der Waals surface area contributed by atoms with Crippen molar-refractivity contribution in [2.24, 2.45) is 0 Å². The minimum Gasteiger partial charge on any atom is -0.343 e. The fourth-order valence-electron chi connectivity index (χ4n) is 6.97. The fourth-order valence-corrected chi connectivity index (χ4v) is 7.28. The molecular formula is C31H41Cl2F2N4O2+. The van der Waals surface area contributed by atoms with Crippen molar-refractivity contribution in [2.45, 2.75) is 50.0 Å². The van der Waals surface area contributed by atoms with Gasteiger partial charge in [0.2, 0.25) is 0 Å². The molecule has 2 aromatic rings. The second-order valence-corrected chi connectivity index (χ2v) is 12.6. The zero-order valence-electron chi connectivity index (χ0n) is 24.2. The molecule has 2 aliphatic heterocycles. The van der Waals surface area contributed by atoms with Crippen LogP contribution in [0.25, 0.3) is 0 Å². The SMILES string of the molecule is CN(C)C(=O)C1([N+]2(CCC(CN(C)C(=O)c3c(F)cccc3F)c3ccc(Cl)c(Cl)c3)CCCCC2)CCNCC1. The number of carbonyl (C=O) groups is 2. The molecule has 1 unspecified atom stereocenters. The molecular weight excluding hydrogens is 569 g/mol. The van der Waals surface area contributed by atoms with Crippen LogP contribution in [-0.2, 0) is 4.79 Å². The van der Waals surface area contributed by atoms with Crippen LogP contribution in [0.2, 0.25) is 10.0 Å². The van der Waals surface area contributed by atoms with E-state index in [0.717, 1.165) is 82.5 Å². The van der Waals surface area contributed by atoms with Crippen LogP contribution >= 0.6 is 23.2 Å². The molecule has 224 valence electrons. The lowest BCUT2D eigenvalue weighted by atomic mass is 9.79. The van der Waals surface area contributed by atoms with Crippen LogP contribution in [0.1, 0.15) is 60.4 Å². The Hall–Kier alpha value is -2.26. The molecule has 2 fully saturated rings. The first kappa shape index (κ1) is 31.7. The molecule has 0 spiro atoms. The van der Waals surface area contributed by atoms with Crippen LogP contribution in [0.3, 0.4) is 0 Å². The van der Waals surface area contributed by atoms with Crippen molar-refractivity contribution >= 4 is 35.0 Å². The van der Waals surface area contributed by atoms with Crippen molar-refractivity contribution < 1.29 is 22.9 Å². The highest BCUT2D eigenvalue weighted by molar-refractivity contribution is 6.42. The molecule has 1 atom stereocenters. The summed E-state index contributed by atoms with van der Waals surface area (Å²) in [5.74, 6) is -2.51. The summed E-state index contributed by atoms with van der Waals surface area (Å²) in [6, 6.07) is 8.86. The van der Waals surface area contributed by atoms with Crippen molar-refractivity contribution in [2.75, 3.05) is 60.4 Å². The van der Waals surface area contributed by atoms with Crippen LogP contribution in [0, 0.1) is 11.6 Å². The minimum atomic E-state index is -0.888. The Balaban J connectivity index is 1.68. The van der Waals surface area contributed by atoms with Crippen molar-refractivity contribution in [1.29, 1.82) is 0 Å². The number of carbonyl (C=O) groups excluding carboxylic acids is 2. The Labute approximate surface area is 252 Å². The summed E-state index contributed by atoms with van der Waals surface area (Å²) in [5, 5.41) is 4.27. The van der Waals surface area contributed by atoms with Crippen molar-refractivity contribution in [3.05, 3.63) is 69.2 Å². The molecule has 0 bridgehead atoms. The lowest BCUT2D eigenvalue weighted by molar-refractivity contribution is -0.972. The zero-order chi connectivity index (χ0) is 29.8. The predicted octanol–water partition coefficient (Wildman–Crippen LogP) is 5.73. The van der Waals surface area contributed by atoms with E-state index >= 15 is 0 Å². The van der Waals surface area contributed by atoms with Crippen LogP contribution in [0.4, 0.5) is 8.78 Å². The van der Waals surface area contributed by atoms with Gasteiger partial charge in [-0.05, 0) is 49.1 Å². The number of likely N-dealkylation sites (tertiary alicyclic amines) is 1. The number of halogens is 4. The maximum Gasteiger partial charge on any atom is 0.283 e. The maximum absolute atomic E-state index is 14.5. The molecule has 2 saturated heterocycles. The molecule has 41 heavy (non-hydrogen) atoms. The van der Waals surface area contributed by atoms with Gasteiger partial charge in [-0.1, -0.05) is 35.3 Å². The van der Waals surface area contributed by atoms with E-state index in [4.69, 9.17) is 23.2 Å². The Kier molecular flexibility index (Phi) is 10.3. The van der Waals surface area contributed by atoms with E-state index in [1.807, 2.05) is 26.2 Å². The fraction of sp³-hybridized carbons (Fsp3) is 0.548. The summed E-state index contributed by atoms with van der Waals surface area (Å²) in [6.07, 6.45) is 5.45. The van der Waals surface area contributed by atoms with Gasteiger partial charge in [0.25, 0.3) is 11.8 Å². The second-order valence-electron chi connectivity index (χ2n) is 11.8. The van der Waals surface area contributed by atoms with Crippen molar-refractivity contribution in [1.82, 2.24) is 15.1 Å². The summed E-state index contributed by atoms with van der Waals surface area (Å²) in [7, 11) is 5.24. The van der Waals surface area contributed by atoms with Gasteiger partial charge in [-0.3, -0.25) is 9.59 Å². The normalized spacial score (nSPS) is 18.9. The number of rotatable bonds is 9. The van der Waals surface area contributed by atoms with E-state index in [9.17, 15) is 18.4 Å². The average molecular weight is 611 g/mol. The number of nitrogens with one attached hydrogen (secondary N) is 1. The molecule has 0 aromatic heterocycles. The molecule has 2 aromatic carbocycles. The predicted molar refractivity (Wildman–Crippen MR) is 159 cm³/mol. The molecule has 0 aliphatic carbocycles. The van der Waals surface area contributed by atoms with Crippen molar-refractivity contribution in [3.8, 4) is 0 Å². The lowest BCUT2D eigenvalue weighted by Crippen LogP contribution is -2.74. The van der Waals surface area contributed by atoms with Crippen LogP contribution in [0.5, 0.6) is 0 Å². The number of hydrogen-bond donors (Lipinski definition) is 1. The monoisotopic (exact) mass is 609 g/mol. The Morgan fingerprint density at radius 1 is 0.976 bits per heavy atom. The molecule has 6 nitrogen and oxygen atoms in total. The Morgan fingerprint density at radius 2 is 1.61 bits per heavy atom. The molecule has 0 saturated carbocycles. The summed E-state index contributed by atoms with van der Waals surface area (Å²) >= 11 is 12.6. The smallest absolute Gasteiger partial charge is 0.283 e. The number of nitrogens with zero attached hydrogens (tertiary/aromatic N) is 3. The van der Waals surface area contributed by atoms with Gasteiger partial charge in [-0.2, -0.15) is 0 Å². The Bertz CT molecular complexity index is 1230. The number of hydrogen-bond acceptors (Lipinski definition) is 3. The van der Waals surface area contributed by atoms with Crippen molar-refractivity contribution in [3.63, 3.8) is 0 Å². The number of piperidine rings is 2. The number of benzene rings is 2. The minimum absolute atomic E-state index is 0.175. The third kappa shape index (κ3) is 6.56. The quantitative estimate of drug-likeness (QED) is 0.370. The van der Waals surface area contributed by atoms with Gasteiger partial charge in [-0.15, -0.1) is 0 Å². The van der Waals surface area contributed by atoms with Crippen LogP contribution in [-0.4, -0.2) is 92.0 Å². The summed E-state index contributed by atoms with van der Waals surface area (Å²) in [5.41, 5.74) is -0.191. The van der Waals surface area contributed by atoms with Gasteiger partial charge in [0.15, 0.2) is 5.54 Å². The van der Waals surface area contributed by atoms with E-state index in [1.165, 1.54) is 11.0 Å². The van der Waals surface area contributed by atoms with E-state index in [1.54, 1.807) is 18.0 Å². The van der Waals surface area contributed by atoms with Gasteiger partial charge in [0.05, 0.1) is 29.7 Å². The first-order valence-electron chi connectivity index (χ1n) is 14.4. The molecule has 2 amide bonds. The van der Waals surface area contributed by atoms with Crippen LogP contribution < -0.4 is 5.32 Å². The first-order chi connectivity index (χ1) is 19.5. The van der Waals surface area contributed by atoms with Crippen LogP contribution in [0.15, 0.2) is 36.4 Å². The molecule has 2 aliphatic rings. The average Bonchev–Trinajstić information content (AvgIpc) is 2.96. The maximum atomic E-state index is 14.5. The summed E-state index contributed by atoms with van der Waals surface area (Å²) < 4.78 is 29.7. The number of amides is 2. The van der Waals surface area contributed by atoms with E-state index in [2.05, 4.69) is 5.32 Å². The third-order valence-electron chi connectivity index (χ3n) is 9.15. The zero-order valence-corrected chi connectivity index (χ0v) is 25.7. The van der Waals surface area contributed by atoms with Gasteiger partial charge >= 0.3 is 0 Å². The summed E-state index contributed by atoms with van der Waals surface area (Å²) in [6.45, 7) is 4.38. The first-order valence-corrected chi connectivity index (χ1v) is 15.2. The van der Waals surface area contributed by atoms with Gasteiger partial charge in [0, 0.05) is 66.0 Å². The Morgan fingerprint density at radius 3 is 2.20 bits per heavy atom. The molecule has 0 radical (unpaired) electrons. The highest BCUT2D eigenvalue weighted by atomic mass is 35.5. The van der Waals surface area contributed by atoms with Gasteiger partial charge in [-0.25, -0.2) is 8.78 Å². The number of likely N-dealkylation sites (N-methyl/N-ethyl adjacent to an activating group) is 2. The molecule has 2 heterocycles. The molecule has 10 heteroatoms. The standard InChI is InChI=1S/C31H41Cl2F2N4O2/c1-37(2)30(41)31(13-15-36-16-14-31)39(17-5-4-6-18-39)19-12-23(22-10-11-24(32)25(33)20-22)21-38(3)29(40)28-26(34)8-7-9-27(28)35/h7-11,20,23,36H,4-6,12-19,21H2,1-3H3/q+1. The van der Waals surface area contributed by atoms with E-state index in [-0.39, 0.29) is 18.4 Å². The van der Waals surface area contributed by atoms with E-state index in [0.29, 0.717) is 20.9 Å². The molecule has 1 N–H and O–H groups in total. The lowest BCUT2D eigenvalue weighted by Gasteiger charge is -2.56. The third-order valence-corrected chi connectivity index (χ3v) is 9.89. The second kappa shape index (κ2) is 13.4. The van der Waals surface area contributed by atoms with Gasteiger partial charge < -0.3 is 19.6 Å². The highest BCUT2D eigenvalue weighted by Gasteiger charge is 2.57. The van der Waals surface area contributed by atoms with E-state index < -0.39 is 28.6 Å². The van der Waals surface area contributed by atoms with Gasteiger partial charge in [0.1, 0.15) is 17.2 Å². The number of quaternary nitrogens is 1. The molecule has 4 rings (SSSR count). The highest BCUT2D eigenvalue weighted by Crippen LogP contribution is 2.40.